The monoisotopic (exact) mass is 385 g/mol. The van der Waals surface area contributed by atoms with Crippen molar-refractivity contribution >= 4 is 35.1 Å². The average Bonchev–Trinajstić information content (AvgIpc) is 3.02. The van der Waals surface area contributed by atoms with E-state index in [1.54, 1.807) is 29.3 Å². The SMILES string of the molecule is COc1cccc(CNC(=O)C2=Cc3sc4c(c3CS2)CC[C@@H](C)C4)c1. The van der Waals surface area contributed by atoms with Crippen molar-refractivity contribution in [1.82, 2.24) is 5.32 Å². The van der Waals surface area contributed by atoms with Crippen LogP contribution in [0.25, 0.3) is 6.08 Å². The molecule has 0 fully saturated rings. The number of benzene rings is 1. The van der Waals surface area contributed by atoms with Gasteiger partial charge in [-0.05, 0) is 60.1 Å². The first kappa shape index (κ1) is 17.7. The predicted octanol–water partition coefficient (Wildman–Crippen LogP) is 4.79. The van der Waals surface area contributed by atoms with Crippen LogP contribution >= 0.6 is 23.1 Å². The zero-order valence-electron chi connectivity index (χ0n) is 15.1. The molecule has 0 saturated heterocycles. The van der Waals surface area contributed by atoms with Crippen LogP contribution in [0.2, 0.25) is 0 Å². The van der Waals surface area contributed by atoms with Gasteiger partial charge >= 0.3 is 0 Å². The van der Waals surface area contributed by atoms with Gasteiger partial charge in [-0.2, -0.15) is 0 Å². The highest BCUT2D eigenvalue weighted by Gasteiger charge is 2.26. The maximum absolute atomic E-state index is 12.6. The van der Waals surface area contributed by atoms with Gasteiger partial charge in [-0.1, -0.05) is 19.1 Å². The lowest BCUT2D eigenvalue weighted by Gasteiger charge is -2.20. The number of thiophene rings is 1. The molecule has 3 nitrogen and oxygen atoms in total. The van der Waals surface area contributed by atoms with Gasteiger partial charge in [0.1, 0.15) is 5.75 Å². The van der Waals surface area contributed by atoms with Gasteiger partial charge in [0.05, 0.1) is 12.0 Å². The molecule has 1 atom stereocenters. The predicted molar refractivity (Wildman–Crippen MR) is 110 cm³/mol. The van der Waals surface area contributed by atoms with Gasteiger partial charge in [0.25, 0.3) is 5.91 Å². The molecule has 1 amide bonds. The van der Waals surface area contributed by atoms with Crippen molar-refractivity contribution < 1.29 is 9.53 Å². The van der Waals surface area contributed by atoms with E-state index < -0.39 is 0 Å². The number of methoxy groups -OCH3 is 1. The fraction of sp³-hybridized carbons (Fsp3) is 0.381. The summed E-state index contributed by atoms with van der Waals surface area (Å²) >= 11 is 3.56. The third kappa shape index (κ3) is 3.55. The molecule has 2 aliphatic rings. The molecule has 136 valence electrons. The van der Waals surface area contributed by atoms with Crippen molar-refractivity contribution in [2.45, 2.75) is 38.5 Å². The molecule has 1 aliphatic carbocycles. The molecular formula is C21H23NO2S2. The molecular weight excluding hydrogens is 362 g/mol. The first-order chi connectivity index (χ1) is 12.6. The van der Waals surface area contributed by atoms with E-state index in [9.17, 15) is 4.79 Å². The van der Waals surface area contributed by atoms with E-state index in [0.29, 0.717) is 6.54 Å². The van der Waals surface area contributed by atoms with Gasteiger partial charge < -0.3 is 10.1 Å². The minimum absolute atomic E-state index is 0.0169. The fourth-order valence-electron chi connectivity index (χ4n) is 3.61. The van der Waals surface area contributed by atoms with Gasteiger partial charge in [0.15, 0.2) is 0 Å². The highest BCUT2D eigenvalue weighted by atomic mass is 32.2. The Labute approximate surface area is 162 Å². The van der Waals surface area contributed by atoms with Crippen molar-refractivity contribution in [3.8, 4) is 5.75 Å². The van der Waals surface area contributed by atoms with Crippen molar-refractivity contribution in [2.24, 2.45) is 5.92 Å². The summed E-state index contributed by atoms with van der Waals surface area (Å²) in [5.74, 6) is 2.53. The van der Waals surface area contributed by atoms with Crippen LogP contribution in [0.15, 0.2) is 29.2 Å². The minimum Gasteiger partial charge on any atom is -0.497 e. The Hall–Kier alpha value is -1.72. The van der Waals surface area contributed by atoms with Crippen LogP contribution in [0.1, 0.15) is 39.8 Å². The number of carbonyl (C=O) groups excluding carboxylic acids is 1. The standard InChI is InChI=1S/C21H23NO2S2/c1-13-6-7-16-17-12-25-20(10-19(17)26-18(16)8-13)21(23)22-11-14-4-3-5-15(9-14)24-2/h3-5,9-10,13H,6-8,11-12H2,1-2H3,(H,22,23)/t13-/m1/s1. The number of nitrogens with one attached hydrogen (secondary N) is 1. The number of thioether (sulfide) groups is 1. The number of carbonyl (C=O) groups is 1. The Morgan fingerprint density at radius 2 is 2.23 bits per heavy atom. The highest BCUT2D eigenvalue weighted by Crippen LogP contribution is 2.43. The molecule has 0 spiro atoms. The third-order valence-electron chi connectivity index (χ3n) is 5.10. The zero-order valence-corrected chi connectivity index (χ0v) is 16.8. The summed E-state index contributed by atoms with van der Waals surface area (Å²) in [6.45, 7) is 2.85. The van der Waals surface area contributed by atoms with Crippen LogP contribution in [0, 0.1) is 5.92 Å². The Morgan fingerprint density at radius 3 is 3.08 bits per heavy atom. The van der Waals surface area contributed by atoms with Crippen LogP contribution in [0.5, 0.6) is 5.75 Å². The van der Waals surface area contributed by atoms with Gasteiger partial charge in [-0.15, -0.1) is 23.1 Å². The molecule has 1 aromatic heterocycles. The molecule has 4 rings (SSSR count). The smallest absolute Gasteiger partial charge is 0.258 e. The van der Waals surface area contributed by atoms with E-state index in [4.69, 9.17) is 4.74 Å². The van der Waals surface area contributed by atoms with E-state index in [1.807, 2.05) is 35.6 Å². The summed E-state index contributed by atoms with van der Waals surface area (Å²) in [5.41, 5.74) is 4.09. The van der Waals surface area contributed by atoms with Gasteiger partial charge in [0, 0.05) is 22.1 Å². The number of fused-ring (bicyclic) bond motifs is 3. The molecule has 0 radical (unpaired) electrons. The zero-order chi connectivity index (χ0) is 18.1. The van der Waals surface area contributed by atoms with E-state index in [0.717, 1.165) is 27.9 Å². The van der Waals surface area contributed by atoms with Crippen molar-refractivity contribution in [3.05, 3.63) is 55.6 Å². The van der Waals surface area contributed by atoms with Crippen LogP contribution in [0.3, 0.4) is 0 Å². The molecule has 1 aliphatic heterocycles. The van der Waals surface area contributed by atoms with Crippen LogP contribution in [-0.4, -0.2) is 13.0 Å². The normalized spacial score (nSPS) is 18.5. The van der Waals surface area contributed by atoms with Crippen LogP contribution in [-0.2, 0) is 29.9 Å². The molecule has 5 heteroatoms. The van der Waals surface area contributed by atoms with Crippen molar-refractivity contribution in [2.75, 3.05) is 7.11 Å². The van der Waals surface area contributed by atoms with Crippen LogP contribution in [0.4, 0.5) is 0 Å². The molecule has 0 bridgehead atoms. The maximum atomic E-state index is 12.6. The Morgan fingerprint density at radius 1 is 1.35 bits per heavy atom. The van der Waals surface area contributed by atoms with E-state index in [1.165, 1.54) is 29.7 Å². The second-order valence-electron chi connectivity index (χ2n) is 7.03. The van der Waals surface area contributed by atoms with E-state index in [-0.39, 0.29) is 5.91 Å². The summed E-state index contributed by atoms with van der Waals surface area (Å²) in [5, 5.41) is 3.04. The summed E-state index contributed by atoms with van der Waals surface area (Å²) in [6, 6.07) is 7.80. The van der Waals surface area contributed by atoms with Gasteiger partial charge in [0.2, 0.25) is 0 Å². The molecule has 0 unspecified atom stereocenters. The second-order valence-corrected chi connectivity index (χ2v) is 9.18. The van der Waals surface area contributed by atoms with Crippen molar-refractivity contribution in [1.29, 1.82) is 0 Å². The molecule has 2 aromatic rings. The Balaban J connectivity index is 1.46. The number of rotatable bonds is 4. The lowest BCUT2D eigenvalue weighted by atomic mass is 9.88. The van der Waals surface area contributed by atoms with Crippen LogP contribution < -0.4 is 10.1 Å². The van der Waals surface area contributed by atoms with Crippen molar-refractivity contribution in [3.63, 3.8) is 0 Å². The van der Waals surface area contributed by atoms with Gasteiger partial charge in [-0.3, -0.25) is 4.79 Å². The largest absolute Gasteiger partial charge is 0.497 e. The van der Waals surface area contributed by atoms with Gasteiger partial charge in [-0.25, -0.2) is 0 Å². The molecule has 0 saturated carbocycles. The lowest BCUT2D eigenvalue weighted by molar-refractivity contribution is -0.116. The molecule has 1 aromatic carbocycles. The Bertz CT molecular complexity index is 869. The first-order valence-electron chi connectivity index (χ1n) is 9.03. The molecule has 1 N–H and O–H groups in total. The van der Waals surface area contributed by atoms with E-state index >= 15 is 0 Å². The number of hydrogen-bond donors (Lipinski definition) is 1. The summed E-state index contributed by atoms with van der Waals surface area (Å²) in [6.07, 6.45) is 5.79. The number of amides is 1. The highest BCUT2D eigenvalue weighted by molar-refractivity contribution is 8.03. The number of ether oxygens (including phenoxy) is 1. The summed E-state index contributed by atoms with van der Waals surface area (Å²) in [4.78, 5) is 16.3. The fourth-order valence-corrected chi connectivity index (χ4v) is 6.28. The third-order valence-corrected chi connectivity index (χ3v) is 7.39. The average molecular weight is 386 g/mol. The second kappa shape index (κ2) is 7.49. The summed E-state index contributed by atoms with van der Waals surface area (Å²) in [7, 11) is 1.65. The lowest BCUT2D eigenvalue weighted by Crippen LogP contribution is -2.24. The summed E-state index contributed by atoms with van der Waals surface area (Å²) < 4.78 is 5.24. The first-order valence-corrected chi connectivity index (χ1v) is 10.8. The van der Waals surface area contributed by atoms with E-state index in [2.05, 4.69) is 18.3 Å². The quantitative estimate of drug-likeness (QED) is 0.823. The number of hydrogen-bond acceptors (Lipinski definition) is 4. The topological polar surface area (TPSA) is 38.3 Å². The Kier molecular flexibility index (Phi) is 5.09. The maximum Gasteiger partial charge on any atom is 0.258 e. The molecule has 2 heterocycles. The minimum atomic E-state index is 0.0169. The molecule has 26 heavy (non-hydrogen) atoms.